The molecule has 1 fully saturated rings. The molecule has 4 heterocycles. The van der Waals surface area contributed by atoms with E-state index in [0.29, 0.717) is 47.5 Å². The Bertz CT molecular complexity index is 1370. The van der Waals surface area contributed by atoms with Crippen molar-refractivity contribution < 1.29 is 18.7 Å². The molecule has 4 aromatic rings. The van der Waals surface area contributed by atoms with Crippen molar-refractivity contribution in [2.45, 2.75) is 33.1 Å². The zero-order valence-corrected chi connectivity index (χ0v) is 22.0. The minimum Gasteiger partial charge on any atom is -0.355 e. The summed E-state index contributed by atoms with van der Waals surface area (Å²) in [4.78, 5) is 30.8. The Kier molecular flexibility index (Phi) is 7.77. The Morgan fingerprint density at radius 1 is 1.18 bits per heavy atom. The van der Waals surface area contributed by atoms with Crippen LogP contribution in [-0.2, 0) is 20.8 Å². The smallest absolute Gasteiger partial charge is 0.230 e. The lowest BCUT2D eigenvalue weighted by molar-refractivity contribution is -0.231. The number of aromatic amines is 1. The number of carbonyl (C=O) groups excluding carboxylic acids is 1. The van der Waals surface area contributed by atoms with E-state index in [-0.39, 0.29) is 24.9 Å². The molecule has 0 atom stereocenters. The molecule has 0 radical (unpaired) electrons. The van der Waals surface area contributed by atoms with E-state index in [0.717, 1.165) is 11.3 Å². The van der Waals surface area contributed by atoms with Crippen molar-refractivity contribution in [1.29, 1.82) is 0 Å². The summed E-state index contributed by atoms with van der Waals surface area (Å²) in [6.45, 7) is 5.38. The fourth-order valence-corrected chi connectivity index (χ4v) is 4.66. The molecule has 1 amide bonds. The van der Waals surface area contributed by atoms with Crippen LogP contribution < -0.4 is 10.6 Å². The van der Waals surface area contributed by atoms with Gasteiger partial charge in [0.2, 0.25) is 18.1 Å². The van der Waals surface area contributed by atoms with Gasteiger partial charge in [0.25, 0.3) is 0 Å². The van der Waals surface area contributed by atoms with Crippen LogP contribution in [0.3, 0.4) is 0 Å². The highest BCUT2D eigenvalue weighted by Crippen LogP contribution is 2.35. The van der Waals surface area contributed by atoms with Crippen LogP contribution in [0.15, 0.2) is 54.0 Å². The number of amides is 1. The van der Waals surface area contributed by atoms with E-state index in [1.165, 1.54) is 12.1 Å². The third kappa shape index (κ3) is 5.74. The summed E-state index contributed by atoms with van der Waals surface area (Å²) in [6.07, 6.45) is 1.72. The van der Waals surface area contributed by atoms with Crippen LogP contribution in [-0.4, -0.2) is 45.6 Å². The van der Waals surface area contributed by atoms with Crippen LogP contribution in [0.2, 0.25) is 0 Å². The second-order valence-corrected chi connectivity index (χ2v) is 10.4. The molecule has 9 nitrogen and oxygen atoms in total. The first kappa shape index (κ1) is 26.0. The summed E-state index contributed by atoms with van der Waals surface area (Å²) in [5.41, 5.74) is 1.71. The zero-order valence-electron chi connectivity index (χ0n) is 21.2. The molecule has 0 spiro atoms. The lowest BCUT2D eigenvalue weighted by Gasteiger charge is -2.35. The highest BCUT2D eigenvalue weighted by atomic mass is 32.1. The normalized spacial score (nSPS) is 19.3. The molecule has 1 saturated heterocycles. The number of anilines is 1. The SMILES string of the molecule is CCCNC(=O)C1(C)COC(c2nc(-c3ccc(F)cc3)c(-c3ccnc(NCc4cccs4)n3)[nH]2)OC1. The highest BCUT2D eigenvalue weighted by Gasteiger charge is 2.40. The second-order valence-electron chi connectivity index (χ2n) is 9.32. The number of nitrogens with one attached hydrogen (secondary N) is 3. The van der Waals surface area contributed by atoms with Gasteiger partial charge in [-0.05, 0) is 55.1 Å². The van der Waals surface area contributed by atoms with Gasteiger partial charge in [0.05, 0.1) is 42.3 Å². The number of halogens is 1. The molecule has 198 valence electrons. The number of H-pyrrole nitrogens is 1. The standard InChI is InChI=1S/C27H29FN6O3S/c1-3-11-29-25(35)27(2)15-36-24(37-16-27)23-33-21(17-6-8-18(28)9-7-17)22(34-23)20-10-12-30-26(32-20)31-14-19-5-4-13-38-19/h4-10,12-13,24H,3,11,14-16H2,1-2H3,(H,29,35)(H,33,34)(H,30,31,32). The van der Waals surface area contributed by atoms with Gasteiger partial charge < -0.3 is 25.1 Å². The van der Waals surface area contributed by atoms with Crippen LogP contribution in [0.1, 0.15) is 37.3 Å². The summed E-state index contributed by atoms with van der Waals surface area (Å²) >= 11 is 1.65. The minimum absolute atomic E-state index is 0.103. The Hall–Kier alpha value is -3.67. The predicted molar refractivity (Wildman–Crippen MR) is 143 cm³/mol. The van der Waals surface area contributed by atoms with Gasteiger partial charge in [-0.2, -0.15) is 0 Å². The average molecular weight is 537 g/mol. The first-order chi connectivity index (χ1) is 18.4. The van der Waals surface area contributed by atoms with E-state index in [4.69, 9.17) is 14.5 Å². The summed E-state index contributed by atoms with van der Waals surface area (Å²) in [6, 6.07) is 11.9. The van der Waals surface area contributed by atoms with Gasteiger partial charge in [-0.1, -0.05) is 13.0 Å². The fraction of sp³-hybridized carbons (Fsp3) is 0.333. The fourth-order valence-electron chi connectivity index (χ4n) is 4.02. The first-order valence-corrected chi connectivity index (χ1v) is 13.3. The monoisotopic (exact) mass is 536 g/mol. The average Bonchev–Trinajstić information content (AvgIpc) is 3.62. The quantitative estimate of drug-likeness (QED) is 0.278. The van der Waals surface area contributed by atoms with Crippen LogP contribution in [0.25, 0.3) is 22.6 Å². The molecule has 0 unspecified atom stereocenters. The number of imidazole rings is 1. The molecular formula is C27H29FN6O3S. The van der Waals surface area contributed by atoms with Gasteiger partial charge in [-0.3, -0.25) is 4.79 Å². The van der Waals surface area contributed by atoms with Crippen LogP contribution in [0, 0.1) is 11.2 Å². The van der Waals surface area contributed by atoms with Crippen LogP contribution in [0.4, 0.5) is 10.3 Å². The minimum atomic E-state index is -0.798. The number of benzene rings is 1. The highest BCUT2D eigenvalue weighted by molar-refractivity contribution is 7.09. The Labute approximate surface area is 223 Å². The van der Waals surface area contributed by atoms with E-state index < -0.39 is 11.7 Å². The van der Waals surface area contributed by atoms with Gasteiger partial charge in [0, 0.05) is 23.2 Å². The summed E-state index contributed by atoms with van der Waals surface area (Å²) < 4.78 is 25.6. The van der Waals surface area contributed by atoms with Crippen molar-refractivity contribution in [3.63, 3.8) is 0 Å². The number of thiophene rings is 1. The van der Waals surface area contributed by atoms with Gasteiger partial charge in [-0.15, -0.1) is 11.3 Å². The van der Waals surface area contributed by atoms with Gasteiger partial charge in [0.1, 0.15) is 5.82 Å². The molecule has 3 N–H and O–H groups in total. The molecule has 0 saturated carbocycles. The number of carbonyl (C=O) groups is 1. The topological polar surface area (TPSA) is 114 Å². The first-order valence-electron chi connectivity index (χ1n) is 12.4. The van der Waals surface area contributed by atoms with Crippen molar-refractivity contribution in [3.05, 3.63) is 70.6 Å². The van der Waals surface area contributed by atoms with Crippen molar-refractivity contribution >= 4 is 23.2 Å². The number of nitrogens with zero attached hydrogens (tertiary/aromatic N) is 3. The molecule has 5 rings (SSSR count). The molecular weight excluding hydrogens is 507 g/mol. The number of ether oxygens (including phenoxy) is 2. The zero-order chi connectivity index (χ0) is 26.5. The molecule has 1 aliphatic rings. The van der Waals surface area contributed by atoms with Gasteiger partial charge in [-0.25, -0.2) is 19.3 Å². The Morgan fingerprint density at radius 3 is 2.68 bits per heavy atom. The van der Waals surface area contributed by atoms with Crippen molar-refractivity contribution in [3.8, 4) is 22.6 Å². The molecule has 1 aliphatic heterocycles. The predicted octanol–water partition coefficient (Wildman–Crippen LogP) is 4.92. The van der Waals surface area contributed by atoms with E-state index in [2.05, 4.69) is 25.6 Å². The number of hydrogen-bond acceptors (Lipinski definition) is 8. The molecule has 11 heteroatoms. The number of aromatic nitrogens is 4. The van der Waals surface area contributed by atoms with Crippen LogP contribution in [0.5, 0.6) is 0 Å². The molecule has 3 aromatic heterocycles. The van der Waals surface area contributed by atoms with E-state index in [9.17, 15) is 9.18 Å². The summed E-state index contributed by atoms with van der Waals surface area (Å²) in [5, 5.41) is 8.17. The lowest BCUT2D eigenvalue weighted by atomic mass is 9.91. The summed E-state index contributed by atoms with van der Waals surface area (Å²) in [5.74, 6) is 0.458. The van der Waals surface area contributed by atoms with Crippen molar-refractivity contribution in [2.24, 2.45) is 5.41 Å². The largest absolute Gasteiger partial charge is 0.355 e. The second kappa shape index (κ2) is 11.4. The summed E-state index contributed by atoms with van der Waals surface area (Å²) in [7, 11) is 0. The number of hydrogen-bond donors (Lipinski definition) is 3. The third-order valence-electron chi connectivity index (χ3n) is 6.17. The van der Waals surface area contributed by atoms with Gasteiger partial charge in [0.15, 0.2) is 5.82 Å². The van der Waals surface area contributed by atoms with E-state index >= 15 is 0 Å². The molecule has 1 aromatic carbocycles. The van der Waals surface area contributed by atoms with Crippen molar-refractivity contribution in [1.82, 2.24) is 25.3 Å². The Morgan fingerprint density at radius 2 is 1.97 bits per heavy atom. The lowest BCUT2D eigenvalue weighted by Crippen LogP contribution is -2.48. The maximum atomic E-state index is 13.7. The van der Waals surface area contributed by atoms with E-state index in [1.54, 1.807) is 35.7 Å². The van der Waals surface area contributed by atoms with E-state index in [1.807, 2.05) is 31.4 Å². The third-order valence-corrected chi connectivity index (χ3v) is 7.04. The number of rotatable bonds is 9. The Balaban J connectivity index is 1.41. The van der Waals surface area contributed by atoms with Gasteiger partial charge >= 0.3 is 0 Å². The molecule has 0 aliphatic carbocycles. The maximum Gasteiger partial charge on any atom is 0.230 e. The van der Waals surface area contributed by atoms with Crippen LogP contribution >= 0.6 is 11.3 Å². The van der Waals surface area contributed by atoms with Crippen molar-refractivity contribution in [2.75, 3.05) is 25.1 Å². The maximum absolute atomic E-state index is 13.7. The molecule has 38 heavy (non-hydrogen) atoms. The molecule has 0 bridgehead atoms.